The van der Waals surface area contributed by atoms with Crippen LogP contribution in [0.5, 0.6) is 23.0 Å². The lowest BCUT2D eigenvalue weighted by Crippen LogP contribution is -2.28. The predicted octanol–water partition coefficient (Wildman–Crippen LogP) is 6.86. The first-order chi connectivity index (χ1) is 18.6. The molecule has 3 aromatic carbocycles. The van der Waals surface area contributed by atoms with Crippen LogP contribution in [-0.4, -0.2) is 27.4 Å². The van der Waals surface area contributed by atoms with E-state index in [4.69, 9.17) is 18.9 Å². The molecule has 38 heavy (non-hydrogen) atoms. The standard InChI is InChI=1S/C33H35NO4/c1-5-10-24(6-2)22-37-30-16-14-25(19-31(30)35-3)13-15-29-28-21-33(38-23-26-11-8-7-9-12-26)32(36-4)20-27(28)17-18-34-29/h5-16,19-21,29,34H,1-2,17-18,22-23H2,3-4H3/b15-13+,24-10+. The van der Waals surface area contributed by atoms with Crippen molar-refractivity contribution in [1.29, 1.82) is 0 Å². The molecule has 0 aliphatic carbocycles. The monoisotopic (exact) mass is 509 g/mol. The Morgan fingerprint density at radius 2 is 1.71 bits per heavy atom. The van der Waals surface area contributed by atoms with Crippen molar-refractivity contribution in [2.24, 2.45) is 0 Å². The van der Waals surface area contributed by atoms with Crippen molar-refractivity contribution in [3.63, 3.8) is 0 Å². The summed E-state index contributed by atoms with van der Waals surface area (Å²) in [6, 6.07) is 20.3. The minimum absolute atomic E-state index is 0.0462. The summed E-state index contributed by atoms with van der Waals surface area (Å²) in [5, 5.41) is 3.61. The van der Waals surface area contributed by atoms with Gasteiger partial charge < -0.3 is 24.3 Å². The van der Waals surface area contributed by atoms with Gasteiger partial charge in [-0.15, -0.1) is 0 Å². The van der Waals surface area contributed by atoms with Gasteiger partial charge in [-0.3, -0.25) is 0 Å². The molecule has 1 atom stereocenters. The molecule has 1 N–H and O–H groups in total. The highest BCUT2D eigenvalue weighted by atomic mass is 16.5. The number of allylic oxidation sites excluding steroid dienone is 2. The van der Waals surface area contributed by atoms with Crippen LogP contribution in [0, 0.1) is 0 Å². The van der Waals surface area contributed by atoms with E-state index in [2.05, 4.69) is 54.9 Å². The van der Waals surface area contributed by atoms with E-state index in [1.54, 1.807) is 26.4 Å². The number of hydrogen-bond acceptors (Lipinski definition) is 5. The molecular formula is C33H35NO4. The first kappa shape index (κ1) is 26.8. The summed E-state index contributed by atoms with van der Waals surface area (Å²) in [7, 11) is 3.33. The lowest BCUT2D eigenvalue weighted by Gasteiger charge is -2.26. The molecule has 1 unspecified atom stereocenters. The molecule has 0 amide bonds. The Hall–Kier alpha value is -4.22. The SMILES string of the molecule is C=C/C=C(\C=C)COc1ccc(/C=C/C2NCCc3cc(OC)c(OCc4ccccc4)cc32)cc1OC. The van der Waals surface area contributed by atoms with Crippen LogP contribution in [0.3, 0.4) is 0 Å². The van der Waals surface area contributed by atoms with Gasteiger partial charge in [0.05, 0.1) is 20.3 Å². The van der Waals surface area contributed by atoms with Gasteiger partial charge in [0.15, 0.2) is 23.0 Å². The second-order valence-electron chi connectivity index (χ2n) is 8.90. The summed E-state index contributed by atoms with van der Waals surface area (Å²) in [6.45, 7) is 9.30. The Balaban J connectivity index is 1.52. The average molecular weight is 510 g/mol. The lowest BCUT2D eigenvalue weighted by atomic mass is 9.93. The first-order valence-electron chi connectivity index (χ1n) is 12.7. The van der Waals surface area contributed by atoms with Gasteiger partial charge in [0, 0.05) is 6.54 Å². The quantitative estimate of drug-likeness (QED) is 0.270. The van der Waals surface area contributed by atoms with Crippen molar-refractivity contribution in [1.82, 2.24) is 5.32 Å². The molecule has 5 heteroatoms. The highest BCUT2D eigenvalue weighted by Gasteiger charge is 2.21. The van der Waals surface area contributed by atoms with Gasteiger partial charge in [-0.1, -0.05) is 79.9 Å². The van der Waals surface area contributed by atoms with Gasteiger partial charge in [0.25, 0.3) is 0 Å². The molecule has 1 heterocycles. The van der Waals surface area contributed by atoms with Crippen LogP contribution >= 0.6 is 0 Å². The maximum Gasteiger partial charge on any atom is 0.162 e. The van der Waals surface area contributed by atoms with Crippen molar-refractivity contribution in [3.8, 4) is 23.0 Å². The second-order valence-corrected chi connectivity index (χ2v) is 8.90. The molecule has 0 spiro atoms. The molecule has 5 nitrogen and oxygen atoms in total. The molecule has 0 saturated carbocycles. The van der Waals surface area contributed by atoms with Crippen molar-refractivity contribution in [3.05, 3.63) is 126 Å². The zero-order valence-corrected chi connectivity index (χ0v) is 22.1. The molecule has 1 aliphatic rings. The van der Waals surface area contributed by atoms with Gasteiger partial charge in [-0.25, -0.2) is 0 Å². The fourth-order valence-electron chi connectivity index (χ4n) is 4.38. The third kappa shape index (κ3) is 6.75. The summed E-state index contributed by atoms with van der Waals surface area (Å²) in [6.07, 6.45) is 10.6. The van der Waals surface area contributed by atoms with Gasteiger partial charge >= 0.3 is 0 Å². The number of benzene rings is 3. The molecular weight excluding hydrogens is 474 g/mol. The van der Waals surface area contributed by atoms with Gasteiger partial charge in [-0.05, 0) is 58.5 Å². The first-order valence-corrected chi connectivity index (χ1v) is 12.7. The topological polar surface area (TPSA) is 49.0 Å². The Morgan fingerprint density at radius 1 is 0.921 bits per heavy atom. The minimum Gasteiger partial charge on any atom is -0.493 e. The molecule has 0 fully saturated rings. The number of methoxy groups -OCH3 is 2. The third-order valence-corrected chi connectivity index (χ3v) is 6.41. The van der Waals surface area contributed by atoms with E-state index < -0.39 is 0 Å². The fourth-order valence-corrected chi connectivity index (χ4v) is 4.38. The highest BCUT2D eigenvalue weighted by molar-refractivity contribution is 5.58. The van der Waals surface area contributed by atoms with E-state index in [9.17, 15) is 0 Å². The summed E-state index contributed by atoms with van der Waals surface area (Å²) in [5.74, 6) is 2.85. The van der Waals surface area contributed by atoms with Crippen LogP contribution in [0.4, 0.5) is 0 Å². The summed E-state index contributed by atoms with van der Waals surface area (Å²) in [5.41, 5.74) is 5.52. The van der Waals surface area contributed by atoms with Gasteiger partial charge in [-0.2, -0.15) is 0 Å². The number of fused-ring (bicyclic) bond motifs is 1. The van der Waals surface area contributed by atoms with Crippen molar-refractivity contribution >= 4 is 6.08 Å². The molecule has 4 rings (SSSR count). The van der Waals surface area contributed by atoms with Crippen LogP contribution in [-0.2, 0) is 13.0 Å². The molecule has 1 aliphatic heterocycles. The number of nitrogens with one attached hydrogen (secondary N) is 1. The van der Waals surface area contributed by atoms with Crippen molar-refractivity contribution in [2.45, 2.75) is 19.1 Å². The summed E-state index contributed by atoms with van der Waals surface area (Å²) in [4.78, 5) is 0. The van der Waals surface area contributed by atoms with Gasteiger partial charge in [0.2, 0.25) is 0 Å². The number of rotatable bonds is 12. The van der Waals surface area contributed by atoms with Crippen LogP contribution < -0.4 is 24.3 Å². The summed E-state index contributed by atoms with van der Waals surface area (Å²) < 4.78 is 23.4. The lowest BCUT2D eigenvalue weighted by molar-refractivity contribution is 0.283. The maximum absolute atomic E-state index is 6.17. The molecule has 0 saturated heterocycles. The highest BCUT2D eigenvalue weighted by Crippen LogP contribution is 2.37. The van der Waals surface area contributed by atoms with Gasteiger partial charge in [0.1, 0.15) is 13.2 Å². The zero-order valence-electron chi connectivity index (χ0n) is 22.1. The van der Waals surface area contributed by atoms with E-state index in [1.807, 2.05) is 42.5 Å². The van der Waals surface area contributed by atoms with E-state index in [-0.39, 0.29) is 6.04 Å². The number of ether oxygens (including phenoxy) is 4. The third-order valence-electron chi connectivity index (χ3n) is 6.41. The Kier molecular flexibility index (Phi) is 9.43. The Morgan fingerprint density at radius 3 is 2.45 bits per heavy atom. The number of hydrogen-bond donors (Lipinski definition) is 1. The van der Waals surface area contributed by atoms with Crippen LogP contribution in [0.25, 0.3) is 6.08 Å². The smallest absolute Gasteiger partial charge is 0.162 e. The molecule has 0 radical (unpaired) electrons. The fraction of sp³-hybridized carbons (Fsp3) is 0.212. The van der Waals surface area contributed by atoms with E-state index in [0.717, 1.165) is 41.2 Å². The van der Waals surface area contributed by atoms with E-state index in [0.29, 0.717) is 24.7 Å². The van der Waals surface area contributed by atoms with E-state index >= 15 is 0 Å². The van der Waals surface area contributed by atoms with Crippen LogP contribution in [0.1, 0.15) is 28.3 Å². The molecule has 0 bridgehead atoms. The zero-order chi connectivity index (χ0) is 26.7. The second kappa shape index (κ2) is 13.4. The van der Waals surface area contributed by atoms with Crippen molar-refractivity contribution < 1.29 is 18.9 Å². The Bertz CT molecular complexity index is 1310. The summed E-state index contributed by atoms with van der Waals surface area (Å²) >= 11 is 0. The minimum atomic E-state index is 0.0462. The maximum atomic E-state index is 6.17. The largest absolute Gasteiger partial charge is 0.493 e. The Labute approximate surface area is 225 Å². The molecule has 196 valence electrons. The van der Waals surface area contributed by atoms with Crippen molar-refractivity contribution in [2.75, 3.05) is 27.4 Å². The van der Waals surface area contributed by atoms with Crippen LogP contribution in [0.2, 0.25) is 0 Å². The normalized spacial score (nSPS) is 15.0. The van der Waals surface area contributed by atoms with Crippen LogP contribution in [0.15, 0.2) is 104 Å². The average Bonchev–Trinajstić information content (AvgIpc) is 2.97. The molecule has 0 aromatic heterocycles. The van der Waals surface area contributed by atoms with E-state index in [1.165, 1.54) is 11.1 Å². The predicted molar refractivity (Wildman–Crippen MR) is 154 cm³/mol. The molecule has 3 aromatic rings.